The lowest BCUT2D eigenvalue weighted by atomic mass is 10.3. The number of alkyl halides is 1. The number of hydrogen-bond donors (Lipinski definition) is 1. The van der Waals surface area contributed by atoms with Crippen LogP contribution < -0.4 is 4.90 Å². The summed E-state index contributed by atoms with van der Waals surface area (Å²) in [6.07, 6.45) is 4.15. The number of fused-ring (bicyclic) bond motifs is 1. The van der Waals surface area contributed by atoms with Crippen LogP contribution >= 0.6 is 23.4 Å². The molecule has 1 aliphatic rings. The minimum atomic E-state index is 0.102. The van der Waals surface area contributed by atoms with Crippen molar-refractivity contribution >= 4 is 29.1 Å². The first-order valence-electron chi connectivity index (χ1n) is 6.27. The summed E-state index contributed by atoms with van der Waals surface area (Å²) in [7, 11) is 1.75. The molecule has 0 aliphatic carbocycles. The molecule has 1 N–H and O–H groups in total. The smallest absolute Gasteiger partial charge is 0.182 e. The summed E-state index contributed by atoms with van der Waals surface area (Å²) in [4.78, 5) is 3.56. The summed E-state index contributed by atoms with van der Waals surface area (Å²) >= 11 is 7.48. The number of ether oxygens (including phenoxy) is 1. The van der Waals surface area contributed by atoms with Crippen molar-refractivity contribution in [2.24, 2.45) is 0 Å². The van der Waals surface area contributed by atoms with Crippen molar-refractivity contribution in [3.63, 3.8) is 0 Å². The van der Waals surface area contributed by atoms with E-state index < -0.39 is 0 Å². The fourth-order valence-corrected chi connectivity index (χ4v) is 3.12. The van der Waals surface area contributed by atoms with Gasteiger partial charge in [-0.15, -0.1) is 11.6 Å². The maximum absolute atomic E-state index is 5.72. The van der Waals surface area contributed by atoms with E-state index in [9.17, 15) is 0 Å². The molecule has 1 aliphatic heterocycles. The SMILES string of the molecule is COC1Sc2ccccc2N1CCCCl.c1cn[nH]n1. The average Bonchev–Trinajstić information content (AvgIpc) is 3.16. The lowest BCUT2D eigenvalue weighted by Crippen LogP contribution is -2.31. The highest BCUT2D eigenvalue weighted by molar-refractivity contribution is 8.00. The molecule has 1 aromatic carbocycles. The van der Waals surface area contributed by atoms with Crippen molar-refractivity contribution in [2.75, 3.05) is 24.4 Å². The van der Waals surface area contributed by atoms with E-state index in [0.717, 1.165) is 13.0 Å². The molecule has 2 heterocycles. The number of nitrogens with zero attached hydrogens (tertiary/aromatic N) is 3. The Hall–Kier alpha value is -1.24. The van der Waals surface area contributed by atoms with Gasteiger partial charge in [0.05, 0.1) is 18.1 Å². The predicted octanol–water partition coefficient (Wildman–Crippen LogP) is 2.96. The van der Waals surface area contributed by atoms with Crippen LogP contribution in [0.25, 0.3) is 0 Å². The molecule has 3 rings (SSSR count). The molecule has 0 bridgehead atoms. The number of anilines is 1. The van der Waals surface area contributed by atoms with Crippen molar-refractivity contribution in [2.45, 2.75) is 16.9 Å². The minimum absolute atomic E-state index is 0.102. The van der Waals surface area contributed by atoms with Crippen LogP contribution in [0.3, 0.4) is 0 Å². The van der Waals surface area contributed by atoms with Crippen molar-refractivity contribution in [3.8, 4) is 0 Å². The fraction of sp³-hybridized carbons (Fsp3) is 0.385. The topological polar surface area (TPSA) is 54.0 Å². The maximum Gasteiger partial charge on any atom is 0.182 e. The van der Waals surface area contributed by atoms with Gasteiger partial charge in [-0.1, -0.05) is 23.9 Å². The van der Waals surface area contributed by atoms with Gasteiger partial charge in [-0.2, -0.15) is 15.4 Å². The van der Waals surface area contributed by atoms with Crippen LogP contribution in [0.5, 0.6) is 0 Å². The summed E-state index contributed by atoms with van der Waals surface area (Å²) in [5.74, 6) is 0.694. The second-order valence-corrected chi connectivity index (χ2v) is 5.48. The van der Waals surface area contributed by atoms with Crippen molar-refractivity contribution in [1.82, 2.24) is 15.4 Å². The van der Waals surface area contributed by atoms with E-state index in [1.54, 1.807) is 31.3 Å². The number of nitrogens with one attached hydrogen (secondary N) is 1. The zero-order valence-corrected chi connectivity index (χ0v) is 12.8. The molecule has 0 radical (unpaired) electrons. The largest absolute Gasteiger partial charge is 0.352 e. The molecule has 0 spiro atoms. The molecule has 0 amide bonds. The average molecular weight is 313 g/mol. The molecule has 0 saturated heterocycles. The van der Waals surface area contributed by atoms with Crippen LogP contribution in [0, 0.1) is 0 Å². The van der Waals surface area contributed by atoms with Gasteiger partial charge in [-0.25, -0.2) is 0 Å². The highest BCUT2D eigenvalue weighted by atomic mass is 35.5. The van der Waals surface area contributed by atoms with Crippen LogP contribution in [0.4, 0.5) is 5.69 Å². The number of thioether (sulfide) groups is 1. The Balaban J connectivity index is 0.000000247. The van der Waals surface area contributed by atoms with Crippen molar-refractivity contribution in [1.29, 1.82) is 0 Å². The van der Waals surface area contributed by atoms with Gasteiger partial charge in [-0.3, -0.25) is 0 Å². The molecule has 1 unspecified atom stereocenters. The number of hydrogen-bond acceptors (Lipinski definition) is 5. The van der Waals surface area contributed by atoms with Crippen LogP contribution in [0.15, 0.2) is 41.6 Å². The Morgan fingerprint density at radius 3 is 2.70 bits per heavy atom. The fourth-order valence-electron chi connectivity index (χ4n) is 1.88. The summed E-state index contributed by atoms with van der Waals surface area (Å²) in [6.45, 7) is 0.950. The Morgan fingerprint density at radius 2 is 2.10 bits per heavy atom. The molecule has 7 heteroatoms. The van der Waals surface area contributed by atoms with Crippen LogP contribution in [0.2, 0.25) is 0 Å². The van der Waals surface area contributed by atoms with Gasteiger partial charge in [0.25, 0.3) is 0 Å². The van der Waals surface area contributed by atoms with Crippen LogP contribution in [-0.4, -0.2) is 40.5 Å². The van der Waals surface area contributed by atoms with Gasteiger partial charge in [0, 0.05) is 24.4 Å². The van der Waals surface area contributed by atoms with Gasteiger partial charge in [0.2, 0.25) is 0 Å². The second kappa shape index (κ2) is 8.14. The second-order valence-electron chi connectivity index (χ2n) is 4.02. The van der Waals surface area contributed by atoms with E-state index in [0.29, 0.717) is 5.88 Å². The summed E-state index contributed by atoms with van der Waals surface area (Å²) in [5.41, 5.74) is 1.37. The van der Waals surface area contributed by atoms with Crippen LogP contribution in [-0.2, 0) is 4.74 Å². The number of halogens is 1. The van der Waals surface area contributed by atoms with Gasteiger partial charge in [0.15, 0.2) is 5.56 Å². The molecule has 5 nitrogen and oxygen atoms in total. The van der Waals surface area contributed by atoms with E-state index in [1.807, 2.05) is 0 Å². The van der Waals surface area contributed by atoms with Gasteiger partial charge in [-0.05, 0) is 18.6 Å². The number of aromatic nitrogens is 3. The summed E-state index contributed by atoms with van der Waals surface area (Å²) in [5, 5.41) is 9.33. The minimum Gasteiger partial charge on any atom is -0.352 e. The Labute approximate surface area is 127 Å². The predicted molar refractivity (Wildman–Crippen MR) is 82.2 cm³/mol. The Bertz CT molecular complexity index is 480. The summed E-state index contributed by atoms with van der Waals surface area (Å²) < 4.78 is 5.45. The molecule has 1 atom stereocenters. The quantitative estimate of drug-likeness (QED) is 0.880. The zero-order chi connectivity index (χ0) is 14.2. The highest BCUT2D eigenvalue weighted by Gasteiger charge is 2.28. The number of para-hydroxylation sites is 1. The highest BCUT2D eigenvalue weighted by Crippen LogP contribution is 2.43. The monoisotopic (exact) mass is 312 g/mol. The first-order valence-corrected chi connectivity index (χ1v) is 7.69. The number of benzene rings is 1. The van der Waals surface area contributed by atoms with Gasteiger partial charge >= 0.3 is 0 Å². The molecule has 0 fully saturated rings. The third-order valence-electron chi connectivity index (χ3n) is 2.72. The molecule has 1 aromatic heterocycles. The Morgan fingerprint density at radius 1 is 1.35 bits per heavy atom. The Kier molecular flexibility index (Phi) is 6.17. The van der Waals surface area contributed by atoms with E-state index in [4.69, 9.17) is 16.3 Å². The number of rotatable bonds is 4. The lowest BCUT2D eigenvalue weighted by Gasteiger charge is -2.24. The van der Waals surface area contributed by atoms with E-state index in [-0.39, 0.29) is 5.56 Å². The van der Waals surface area contributed by atoms with Crippen molar-refractivity contribution < 1.29 is 4.74 Å². The first kappa shape index (κ1) is 15.2. The van der Waals surface area contributed by atoms with E-state index in [1.165, 1.54) is 10.6 Å². The van der Waals surface area contributed by atoms with Gasteiger partial charge < -0.3 is 9.64 Å². The molecule has 2 aromatic rings. The zero-order valence-electron chi connectivity index (χ0n) is 11.2. The summed E-state index contributed by atoms with van der Waals surface area (Å²) in [6, 6.07) is 8.39. The molecular formula is C13H17ClN4OS. The molecule has 20 heavy (non-hydrogen) atoms. The first-order chi connectivity index (χ1) is 9.86. The number of aromatic amines is 1. The van der Waals surface area contributed by atoms with E-state index >= 15 is 0 Å². The van der Waals surface area contributed by atoms with Crippen molar-refractivity contribution in [3.05, 3.63) is 36.7 Å². The van der Waals surface area contributed by atoms with Crippen LogP contribution in [0.1, 0.15) is 6.42 Å². The number of methoxy groups -OCH3 is 1. The van der Waals surface area contributed by atoms with E-state index in [2.05, 4.69) is 44.6 Å². The van der Waals surface area contributed by atoms with Gasteiger partial charge in [0.1, 0.15) is 0 Å². The maximum atomic E-state index is 5.72. The number of H-pyrrole nitrogens is 1. The standard InChI is InChI=1S/C11H14ClNOS.C2H3N3/c1-14-11-13(8-4-7-12)9-5-2-3-6-10(9)15-11;1-2-4-5-3-1/h2-3,5-6,11H,4,7-8H2,1H3;1-2H,(H,3,4,5). The third kappa shape index (κ3) is 3.88. The third-order valence-corrected chi connectivity index (χ3v) is 4.24. The molecule has 0 saturated carbocycles. The lowest BCUT2D eigenvalue weighted by molar-refractivity contribution is 0.171. The molecular weight excluding hydrogens is 296 g/mol. The normalized spacial score (nSPS) is 16.5. The molecule has 108 valence electrons.